The second kappa shape index (κ2) is 8.20. The summed E-state index contributed by atoms with van der Waals surface area (Å²) < 4.78 is 38.0. The van der Waals surface area contributed by atoms with Crippen LogP contribution in [-0.2, 0) is 10.0 Å². The number of rotatable bonds is 5. The first kappa shape index (κ1) is 21.1. The van der Waals surface area contributed by atoms with Crippen molar-refractivity contribution < 1.29 is 17.9 Å². The molecule has 9 nitrogen and oxygen atoms in total. The molecule has 0 aliphatic carbocycles. The lowest BCUT2D eigenvalue weighted by Gasteiger charge is -2.34. The number of benzene rings is 2. The fourth-order valence-corrected chi connectivity index (χ4v) is 5.02. The smallest absolute Gasteiger partial charge is 0.243 e. The first-order valence-electron chi connectivity index (χ1n) is 9.84. The van der Waals surface area contributed by atoms with Crippen LogP contribution in [0.5, 0.6) is 11.5 Å². The Hall–Kier alpha value is -3.11. The highest BCUT2D eigenvalue weighted by atomic mass is 32.2. The first-order valence-corrected chi connectivity index (χ1v) is 11.3. The number of sulfonamides is 1. The van der Waals surface area contributed by atoms with Crippen LogP contribution in [0, 0.1) is 6.92 Å². The Bertz CT molecular complexity index is 1210. The summed E-state index contributed by atoms with van der Waals surface area (Å²) in [6.45, 7) is 3.52. The summed E-state index contributed by atoms with van der Waals surface area (Å²) in [5.41, 5.74) is 7.83. The predicted molar refractivity (Wildman–Crippen MR) is 119 cm³/mol. The fourth-order valence-electron chi connectivity index (χ4n) is 3.60. The largest absolute Gasteiger partial charge is 0.493 e. The van der Waals surface area contributed by atoms with Crippen LogP contribution in [0.15, 0.2) is 41.3 Å². The molecule has 0 spiro atoms. The molecule has 4 rings (SSSR count). The number of nitrogen functional groups attached to an aromatic ring is 1. The molecule has 0 saturated carbocycles. The maximum absolute atomic E-state index is 12.9. The van der Waals surface area contributed by atoms with Gasteiger partial charge in [0.25, 0.3) is 0 Å². The van der Waals surface area contributed by atoms with Gasteiger partial charge in [0, 0.05) is 37.6 Å². The molecular formula is C21H25N5O4S. The van der Waals surface area contributed by atoms with Gasteiger partial charge < -0.3 is 20.1 Å². The SMILES string of the molecule is COc1cc2nc(N3CCN(S(=O)(=O)c4ccc(C)cc4)CC3)nc(N)c2cc1OC. The number of piperazine rings is 1. The van der Waals surface area contributed by atoms with Crippen LogP contribution in [0.3, 0.4) is 0 Å². The quantitative estimate of drug-likeness (QED) is 0.638. The molecule has 0 amide bonds. The highest BCUT2D eigenvalue weighted by molar-refractivity contribution is 7.89. The molecule has 1 aromatic heterocycles. The lowest BCUT2D eigenvalue weighted by molar-refractivity contribution is 0.356. The van der Waals surface area contributed by atoms with Crippen molar-refractivity contribution in [3.05, 3.63) is 42.0 Å². The zero-order chi connectivity index (χ0) is 22.2. The van der Waals surface area contributed by atoms with E-state index in [9.17, 15) is 8.42 Å². The number of aromatic nitrogens is 2. The molecule has 0 atom stereocenters. The number of ether oxygens (including phenoxy) is 2. The lowest BCUT2D eigenvalue weighted by Crippen LogP contribution is -2.49. The number of anilines is 2. The van der Waals surface area contributed by atoms with Gasteiger partial charge in [-0.1, -0.05) is 17.7 Å². The number of hydrogen-bond acceptors (Lipinski definition) is 8. The molecule has 10 heteroatoms. The van der Waals surface area contributed by atoms with E-state index in [1.54, 1.807) is 50.6 Å². The predicted octanol–water partition coefficient (Wildman–Crippen LogP) is 2.05. The summed E-state index contributed by atoms with van der Waals surface area (Å²) in [6, 6.07) is 10.4. The number of nitrogens with two attached hydrogens (primary N) is 1. The number of nitrogens with zero attached hydrogens (tertiary/aromatic N) is 4. The van der Waals surface area contributed by atoms with Gasteiger partial charge in [-0.25, -0.2) is 13.4 Å². The molecule has 1 fully saturated rings. The summed E-state index contributed by atoms with van der Waals surface area (Å²) in [5, 5.41) is 0.669. The highest BCUT2D eigenvalue weighted by Gasteiger charge is 2.29. The van der Waals surface area contributed by atoms with Crippen molar-refractivity contribution in [1.29, 1.82) is 0 Å². The third-order valence-corrected chi connectivity index (χ3v) is 7.31. The van der Waals surface area contributed by atoms with Crippen molar-refractivity contribution >= 4 is 32.7 Å². The molecule has 0 bridgehead atoms. The Morgan fingerprint density at radius 3 is 2.16 bits per heavy atom. The van der Waals surface area contributed by atoms with Crippen LogP contribution in [-0.4, -0.2) is 63.1 Å². The molecule has 1 aliphatic rings. The number of fused-ring (bicyclic) bond motifs is 1. The average molecular weight is 444 g/mol. The third kappa shape index (κ3) is 3.96. The van der Waals surface area contributed by atoms with E-state index < -0.39 is 10.0 Å². The summed E-state index contributed by atoms with van der Waals surface area (Å²) in [6.07, 6.45) is 0. The van der Waals surface area contributed by atoms with Gasteiger partial charge in [-0.3, -0.25) is 0 Å². The van der Waals surface area contributed by atoms with Gasteiger partial charge in [-0.05, 0) is 25.1 Å². The Labute approximate surface area is 181 Å². The van der Waals surface area contributed by atoms with Crippen molar-refractivity contribution in [2.75, 3.05) is 51.0 Å². The van der Waals surface area contributed by atoms with E-state index in [-0.39, 0.29) is 0 Å². The van der Waals surface area contributed by atoms with E-state index in [0.29, 0.717) is 65.2 Å². The Morgan fingerprint density at radius 1 is 0.935 bits per heavy atom. The molecule has 2 N–H and O–H groups in total. The zero-order valence-corrected chi connectivity index (χ0v) is 18.5. The van der Waals surface area contributed by atoms with Crippen molar-refractivity contribution in [3.63, 3.8) is 0 Å². The topological polar surface area (TPSA) is 111 Å². The van der Waals surface area contributed by atoms with E-state index in [4.69, 9.17) is 15.2 Å². The van der Waals surface area contributed by atoms with Gasteiger partial charge in [0.1, 0.15) is 5.82 Å². The van der Waals surface area contributed by atoms with E-state index in [0.717, 1.165) is 5.56 Å². The van der Waals surface area contributed by atoms with Gasteiger partial charge >= 0.3 is 0 Å². The van der Waals surface area contributed by atoms with Crippen molar-refractivity contribution in [2.24, 2.45) is 0 Å². The molecule has 31 heavy (non-hydrogen) atoms. The normalized spacial score (nSPS) is 15.3. The van der Waals surface area contributed by atoms with Crippen LogP contribution in [0.1, 0.15) is 5.56 Å². The monoisotopic (exact) mass is 443 g/mol. The van der Waals surface area contributed by atoms with Crippen LogP contribution >= 0.6 is 0 Å². The minimum absolute atomic E-state index is 0.304. The minimum atomic E-state index is -3.53. The van der Waals surface area contributed by atoms with Crippen molar-refractivity contribution in [2.45, 2.75) is 11.8 Å². The lowest BCUT2D eigenvalue weighted by atomic mass is 10.2. The second-order valence-electron chi connectivity index (χ2n) is 7.34. The summed E-state index contributed by atoms with van der Waals surface area (Å²) >= 11 is 0. The molecule has 164 valence electrons. The maximum Gasteiger partial charge on any atom is 0.243 e. The van der Waals surface area contributed by atoms with Crippen LogP contribution in [0.25, 0.3) is 10.9 Å². The minimum Gasteiger partial charge on any atom is -0.493 e. The third-order valence-electron chi connectivity index (χ3n) is 5.40. The molecular weight excluding hydrogens is 418 g/mol. The van der Waals surface area contributed by atoms with Gasteiger partial charge in [-0.2, -0.15) is 9.29 Å². The van der Waals surface area contributed by atoms with Crippen LogP contribution in [0.2, 0.25) is 0 Å². The Kier molecular flexibility index (Phi) is 5.59. The summed E-state index contributed by atoms with van der Waals surface area (Å²) in [5.74, 6) is 1.89. The molecule has 0 radical (unpaired) electrons. The number of aryl methyl sites for hydroxylation is 1. The highest BCUT2D eigenvalue weighted by Crippen LogP contribution is 2.34. The molecule has 2 heterocycles. The van der Waals surface area contributed by atoms with E-state index in [2.05, 4.69) is 9.97 Å². The van der Waals surface area contributed by atoms with Crippen LogP contribution < -0.4 is 20.1 Å². The molecule has 2 aromatic carbocycles. The Morgan fingerprint density at radius 2 is 1.55 bits per heavy atom. The van der Waals surface area contributed by atoms with Gasteiger partial charge in [0.05, 0.1) is 24.6 Å². The van der Waals surface area contributed by atoms with Gasteiger partial charge in [-0.15, -0.1) is 0 Å². The maximum atomic E-state index is 12.9. The molecule has 0 unspecified atom stereocenters. The van der Waals surface area contributed by atoms with Crippen molar-refractivity contribution in [3.8, 4) is 11.5 Å². The fraction of sp³-hybridized carbons (Fsp3) is 0.333. The van der Waals surface area contributed by atoms with Crippen molar-refractivity contribution in [1.82, 2.24) is 14.3 Å². The molecule has 1 aliphatic heterocycles. The Balaban J connectivity index is 1.56. The van der Waals surface area contributed by atoms with E-state index >= 15 is 0 Å². The van der Waals surface area contributed by atoms with Gasteiger partial charge in [0.2, 0.25) is 16.0 Å². The summed E-state index contributed by atoms with van der Waals surface area (Å²) in [4.78, 5) is 11.3. The van der Waals surface area contributed by atoms with E-state index in [1.807, 2.05) is 11.8 Å². The number of methoxy groups -OCH3 is 2. The number of hydrogen-bond donors (Lipinski definition) is 1. The first-order chi connectivity index (χ1) is 14.8. The molecule has 1 saturated heterocycles. The van der Waals surface area contributed by atoms with Crippen LogP contribution in [0.4, 0.5) is 11.8 Å². The van der Waals surface area contributed by atoms with E-state index in [1.165, 1.54) is 4.31 Å². The van der Waals surface area contributed by atoms with Gasteiger partial charge in [0.15, 0.2) is 11.5 Å². The standard InChI is InChI=1S/C21H25N5O4S/c1-14-4-6-15(7-5-14)31(27,28)26-10-8-25(9-11-26)21-23-17-13-19(30-3)18(29-2)12-16(17)20(22)24-21/h4-7,12-13H,8-11H2,1-3H3,(H2,22,23,24). The molecule has 3 aromatic rings. The average Bonchev–Trinajstić information content (AvgIpc) is 2.78. The second-order valence-corrected chi connectivity index (χ2v) is 9.28. The summed E-state index contributed by atoms with van der Waals surface area (Å²) in [7, 11) is -0.420. The zero-order valence-electron chi connectivity index (χ0n) is 17.7.